The molecule has 3 aliphatic rings. The predicted octanol–water partition coefficient (Wildman–Crippen LogP) is 6.06. The number of hydrogen-bond acceptors (Lipinski definition) is 4. The van der Waals surface area contributed by atoms with E-state index in [0.717, 1.165) is 17.7 Å². The minimum Gasteiger partial charge on any atom is -0.372 e. The summed E-state index contributed by atoms with van der Waals surface area (Å²) < 4.78 is 112. The van der Waals surface area contributed by atoms with Gasteiger partial charge in [0.2, 0.25) is 10.0 Å². The summed E-state index contributed by atoms with van der Waals surface area (Å²) in [6.07, 6.45) is -5.93. The number of rotatable bonds is 8. The van der Waals surface area contributed by atoms with Crippen molar-refractivity contribution >= 4 is 26.6 Å². The smallest absolute Gasteiger partial charge is 0.372 e. The Morgan fingerprint density at radius 3 is 2.31 bits per heavy atom. The maximum atomic E-state index is 13.3. The van der Waals surface area contributed by atoms with E-state index in [9.17, 15) is 34.8 Å². The molecule has 2 saturated heterocycles. The number of piperidine rings is 2. The number of fused-ring (bicyclic) bond motifs is 4. The van der Waals surface area contributed by atoms with Gasteiger partial charge >= 0.3 is 12.4 Å². The van der Waals surface area contributed by atoms with Crippen LogP contribution in [0.5, 0.6) is 0 Å². The van der Waals surface area contributed by atoms with Gasteiger partial charge in [0.1, 0.15) is 0 Å². The van der Waals surface area contributed by atoms with Crippen molar-refractivity contribution in [2.24, 2.45) is 5.92 Å². The Morgan fingerprint density at radius 1 is 0.974 bits per heavy atom. The number of aromatic nitrogens is 1. The molecule has 13 heteroatoms. The molecule has 3 atom stereocenters. The van der Waals surface area contributed by atoms with Crippen molar-refractivity contribution < 1.29 is 39.5 Å². The normalized spacial score (nSPS) is 22.5. The van der Waals surface area contributed by atoms with Crippen LogP contribution in [0.1, 0.15) is 36.0 Å². The summed E-state index contributed by atoms with van der Waals surface area (Å²) in [5.41, 5.74) is 1.59. The van der Waals surface area contributed by atoms with Gasteiger partial charge in [-0.2, -0.15) is 26.3 Å². The quantitative estimate of drug-likeness (QED) is 0.321. The minimum atomic E-state index is -4.41. The largest absolute Gasteiger partial charge is 0.416 e. The van der Waals surface area contributed by atoms with Crippen LogP contribution in [0.4, 0.5) is 32.0 Å². The number of nitrogens with zero attached hydrogens (tertiary/aromatic N) is 1. The molecule has 0 spiro atoms. The van der Waals surface area contributed by atoms with Crippen LogP contribution in [0, 0.1) is 5.92 Å². The molecule has 3 unspecified atom stereocenters. The van der Waals surface area contributed by atoms with E-state index in [4.69, 9.17) is 4.74 Å². The number of hydrogen-bond donors (Lipinski definition) is 2. The second-order valence-corrected chi connectivity index (χ2v) is 12.1. The van der Waals surface area contributed by atoms with Crippen LogP contribution in [-0.4, -0.2) is 48.9 Å². The highest BCUT2D eigenvalue weighted by Crippen LogP contribution is 2.41. The monoisotopic (exact) mass is 575 g/mol. The summed E-state index contributed by atoms with van der Waals surface area (Å²) in [6.45, 7) is -0.682. The maximum Gasteiger partial charge on any atom is 0.416 e. The van der Waals surface area contributed by atoms with E-state index in [-0.39, 0.29) is 32.1 Å². The van der Waals surface area contributed by atoms with Crippen molar-refractivity contribution in [1.82, 2.24) is 9.88 Å². The number of ether oxygens (including phenoxy) is 1. The van der Waals surface area contributed by atoms with Crippen molar-refractivity contribution in [2.45, 2.75) is 56.1 Å². The number of anilines is 1. The van der Waals surface area contributed by atoms with Gasteiger partial charge < -0.3 is 9.72 Å². The first-order valence-electron chi connectivity index (χ1n) is 12.4. The third kappa shape index (κ3) is 6.36. The van der Waals surface area contributed by atoms with E-state index < -0.39 is 45.8 Å². The van der Waals surface area contributed by atoms with Crippen molar-refractivity contribution in [1.29, 1.82) is 0 Å². The SMILES string of the molecule is O=S(=O)(Nc1c[nH]c2ccc(COCc3ccc(C(F)(F)F)cc3)cc12)C1CC2CCC1CN2CC(F)(F)F. The topological polar surface area (TPSA) is 74.4 Å². The summed E-state index contributed by atoms with van der Waals surface area (Å²) >= 11 is 0. The van der Waals surface area contributed by atoms with Gasteiger partial charge in [-0.05, 0) is 60.6 Å². The molecule has 1 aromatic heterocycles. The summed E-state index contributed by atoms with van der Waals surface area (Å²) in [7, 11) is -3.86. The summed E-state index contributed by atoms with van der Waals surface area (Å²) in [6, 6.07) is 9.59. The van der Waals surface area contributed by atoms with Crippen molar-refractivity contribution in [2.75, 3.05) is 17.8 Å². The molecular formula is C26H27F6N3O3S. The lowest BCUT2D eigenvalue weighted by atomic mass is 9.79. The molecule has 0 amide bonds. The minimum absolute atomic E-state index is 0.0956. The summed E-state index contributed by atoms with van der Waals surface area (Å²) in [5.74, 6) is -0.380. The zero-order chi connectivity index (χ0) is 28.0. The Balaban J connectivity index is 1.23. The Bertz CT molecular complexity index is 1420. The molecule has 2 N–H and O–H groups in total. The Kier molecular flexibility index (Phi) is 7.36. The average Bonchev–Trinajstić information content (AvgIpc) is 3.24. The first-order valence-corrected chi connectivity index (χ1v) is 14.0. The van der Waals surface area contributed by atoms with Gasteiger partial charge in [0, 0.05) is 29.7 Å². The molecule has 3 aromatic rings. The molecule has 2 bridgehead atoms. The molecule has 6 nitrogen and oxygen atoms in total. The highest BCUT2D eigenvalue weighted by atomic mass is 32.2. The van der Waals surface area contributed by atoms with Crippen LogP contribution in [0.25, 0.3) is 10.9 Å². The van der Waals surface area contributed by atoms with Crippen LogP contribution in [0.2, 0.25) is 0 Å². The van der Waals surface area contributed by atoms with Gasteiger partial charge in [-0.1, -0.05) is 18.2 Å². The molecule has 0 radical (unpaired) electrons. The molecule has 212 valence electrons. The summed E-state index contributed by atoms with van der Waals surface area (Å²) in [5, 5.41) is -0.171. The van der Waals surface area contributed by atoms with Crippen molar-refractivity contribution in [3.8, 4) is 0 Å². The van der Waals surface area contributed by atoms with Crippen LogP contribution in [0.15, 0.2) is 48.7 Å². The van der Waals surface area contributed by atoms with Gasteiger partial charge in [-0.25, -0.2) is 8.42 Å². The molecule has 1 aliphatic carbocycles. The molecule has 39 heavy (non-hydrogen) atoms. The van der Waals surface area contributed by atoms with Gasteiger partial charge in [-0.3, -0.25) is 9.62 Å². The summed E-state index contributed by atoms with van der Waals surface area (Å²) in [4.78, 5) is 4.36. The van der Waals surface area contributed by atoms with Gasteiger partial charge in [0.25, 0.3) is 0 Å². The standard InChI is InChI=1S/C26H27F6N3O3S/c27-25(28,29)15-35-12-18-4-7-20(35)10-24(18)39(36,37)34-23-11-33-22-8-3-17(9-21(22)23)14-38-13-16-1-5-19(6-2-16)26(30,31)32/h1-3,5-6,8-9,11,18,20,24,33-34H,4,7,10,12-15H2. The number of sulfonamides is 1. The molecule has 2 aliphatic heterocycles. The molecule has 6 rings (SSSR count). The van der Waals surface area contributed by atoms with Gasteiger partial charge in [0.15, 0.2) is 0 Å². The van der Waals surface area contributed by atoms with Crippen molar-refractivity contribution in [3.05, 3.63) is 65.4 Å². The number of halogens is 6. The second-order valence-electron chi connectivity index (χ2n) is 10.2. The van der Waals surface area contributed by atoms with E-state index >= 15 is 0 Å². The van der Waals surface area contributed by atoms with Gasteiger partial charge in [0.05, 0.1) is 36.3 Å². The lowest BCUT2D eigenvalue weighted by Gasteiger charge is -2.49. The Hall–Kier alpha value is -2.77. The Morgan fingerprint density at radius 2 is 1.67 bits per heavy atom. The molecule has 3 heterocycles. The maximum absolute atomic E-state index is 13.3. The van der Waals surface area contributed by atoms with Crippen molar-refractivity contribution in [3.63, 3.8) is 0 Å². The number of nitrogens with one attached hydrogen (secondary N) is 2. The second kappa shape index (κ2) is 10.3. The third-order valence-electron chi connectivity index (χ3n) is 7.48. The van der Waals surface area contributed by atoms with E-state index in [0.29, 0.717) is 35.0 Å². The first-order chi connectivity index (χ1) is 18.3. The van der Waals surface area contributed by atoms with E-state index in [1.807, 2.05) is 0 Å². The predicted molar refractivity (Wildman–Crippen MR) is 133 cm³/mol. The zero-order valence-corrected chi connectivity index (χ0v) is 21.5. The number of benzene rings is 2. The number of alkyl halides is 6. The van der Waals surface area contributed by atoms with Crippen LogP contribution >= 0.6 is 0 Å². The molecule has 3 fully saturated rings. The molecule has 2 aromatic carbocycles. The van der Waals surface area contributed by atoms with Crippen LogP contribution in [-0.2, 0) is 34.2 Å². The van der Waals surface area contributed by atoms with Crippen LogP contribution < -0.4 is 4.72 Å². The Labute approximate surface area is 221 Å². The fourth-order valence-corrected chi connectivity index (χ4v) is 7.44. The van der Waals surface area contributed by atoms with E-state index in [1.165, 1.54) is 23.2 Å². The highest BCUT2D eigenvalue weighted by Gasteiger charge is 2.48. The lowest BCUT2D eigenvalue weighted by Crippen LogP contribution is -2.58. The van der Waals surface area contributed by atoms with E-state index in [2.05, 4.69) is 9.71 Å². The fourth-order valence-electron chi connectivity index (χ4n) is 5.61. The first kappa shape index (κ1) is 27.8. The highest BCUT2D eigenvalue weighted by molar-refractivity contribution is 7.93. The zero-order valence-electron chi connectivity index (χ0n) is 20.6. The van der Waals surface area contributed by atoms with Gasteiger partial charge in [-0.15, -0.1) is 0 Å². The number of aromatic amines is 1. The fraction of sp³-hybridized carbons (Fsp3) is 0.462. The molecule has 1 saturated carbocycles. The lowest BCUT2D eigenvalue weighted by molar-refractivity contribution is -0.160. The van der Waals surface area contributed by atoms with E-state index in [1.54, 1.807) is 18.2 Å². The third-order valence-corrected chi connectivity index (χ3v) is 9.36. The number of H-pyrrole nitrogens is 1. The molecular weight excluding hydrogens is 548 g/mol. The average molecular weight is 576 g/mol. The van der Waals surface area contributed by atoms with Crippen LogP contribution in [0.3, 0.4) is 0 Å².